The number of nitrogens with one attached hydrogen (secondary N) is 1. The van der Waals surface area contributed by atoms with Crippen molar-refractivity contribution in [2.75, 3.05) is 11.1 Å². The van der Waals surface area contributed by atoms with Crippen LogP contribution in [-0.2, 0) is 12.8 Å². The Balaban J connectivity index is 1.80. The Morgan fingerprint density at radius 3 is 3.00 bits per heavy atom. The molecular formula is C14H15N3OS. The van der Waals surface area contributed by atoms with E-state index in [0.29, 0.717) is 11.5 Å². The molecule has 98 valence electrons. The molecule has 0 aliphatic heterocycles. The van der Waals surface area contributed by atoms with Gasteiger partial charge in [-0.15, -0.1) is 11.3 Å². The van der Waals surface area contributed by atoms with E-state index in [1.807, 2.05) is 13.0 Å². The number of rotatable bonds is 2. The smallest absolute Gasteiger partial charge is 0.266 e. The molecule has 0 atom stereocenters. The van der Waals surface area contributed by atoms with Crippen molar-refractivity contribution in [2.45, 2.75) is 26.2 Å². The van der Waals surface area contributed by atoms with Crippen LogP contribution >= 0.6 is 11.3 Å². The highest BCUT2D eigenvalue weighted by Crippen LogP contribution is 2.31. The number of aromatic nitrogens is 1. The monoisotopic (exact) mass is 273 g/mol. The van der Waals surface area contributed by atoms with Gasteiger partial charge in [-0.25, -0.2) is 4.98 Å². The summed E-state index contributed by atoms with van der Waals surface area (Å²) in [5, 5.41) is 2.85. The van der Waals surface area contributed by atoms with Gasteiger partial charge in [0.2, 0.25) is 0 Å². The molecule has 4 nitrogen and oxygen atoms in total. The first-order chi connectivity index (χ1) is 9.13. The predicted molar refractivity (Wildman–Crippen MR) is 77.7 cm³/mol. The number of fused-ring (bicyclic) bond motifs is 1. The van der Waals surface area contributed by atoms with E-state index >= 15 is 0 Å². The highest BCUT2D eigenvalue weighted by atomic mass is 32.1. The van der Waals surface area contributed by atoms with Gasteiger partial charge >= 0.3 is 0 Å². The van der Waals surface area contributed by atoms with Crippen molar-refractivity contribution in [3.63, 3.8) is 0 Å². The molecule has 0 spiro atoms. The molecular weight excluding hydrogens is 258 g/mol. The fourth-order valence-corrected chi connectivity index (χ4v) is 3.49. The molecule has 0 radical (unpaired) electrons. The molecule has 1 aliphatic rings. The van der Waals surface area contributed by atoms with Crippen molar-refractivity contribution >= 4 is 28.7 Å². The van der Waals surface area contributed by atoms with E-state index in [1.165, 1.54) is 16.9 Å². The van der Waals surface area contributed by atoms with Crippen molar-refractivity contribution in [3.8, 4) is 0 Å². The number of anilines is 2. The summed E-state index contributed by atoms with van der Waals surface area (Å²) < 4.78 is 0. The Hall–Kier alpha value is -1.88. The first kappa shape index (κ1) is 12.2. The number of carbonyl (C=O) groups is 1. The molecule has 5 heteroatoms. The molecule has 1 aliphatic carbocycles. The molecule has 0 unspecified atom stereocenters. The van der Waals surface area contributed by atoms with Crippen LogP contribution in [0.1, 0.15) is 32.1 Å². The van der Waals surface area contributed by atoms with Gasteiger partial charge < -0.3 is 11.1 Å². The second-order valence-electron chi connectivity index (χ2n) is 4.80. The molecule has 2 heterocycles. The Labute approximate surface area is 115 Å². The van der Waals surface area contributed by atoms with Gasteiger partial charge in [0.1, 0.15) is 5.82 Å². The summed E-state index contributed by atoms with van der Waals surface area (Å²) in [5.41, 5.74) is 8.45. The van der Waals surface area contributed by atoms with E-state index in [0.717, 1.165) is 23.3 Å². The van der Waals surface area contributed by atoms with Crippen LogP contribution in [0, 0.1) is 6.92 Å². The van der Waals surface area contributed by atoms with Gasteiger partial charge in [-0.05, 0) is 49.4 Å². The lowest BCUT2D eigenvalue weighted by molar-refractivity contribution is 0.103. The minimum Gasteiger partial charge on any atom is -0.397 e. The molecule has 2 aromatic heterocycles. The fourth-order valence-electron chi connectivity index (χ4n) is 2.34. The minimum absolute atomic E-state index is 0.0835. The van der Waals surface area contributed by atoms with Crippen LogP contribution in [-0.4, -0.2) is 10.9 Å². The molecule has 0 saturated carbocycles. The van der Waals surface area contributed by atoms with Crippen molar-refractivity contribution in [1.29, 1.82) is 0 Å². The Kier molecular flexibility index (Phi) is 2.98. The lowest BCUT2D eigenvalue weighted by Crippen LogP contribution is -2.12. The zero-order chi connectivity index (χ0) is 13.4. The van der Waals surface area contributed by atoms with Crippen LogP contribution in [0.5, 0.6) is 0 Å². The molecule has 2 aromatic rings. The van der Waals surface area contributed by atoms with Crippen molar-refractivity contribution < 1.29 is 4.79 Å². The van der Waals surface area contributed by atoms with Gasteiger partial charge in [0.05, 0.1) is 16.8 Å². The molecule has 0 saturated heterocycles. The van der Waals surface area contributed by atoms with E-state index in [4.69, 9.17) is 5.73 Å². The van der Waals surface area contributed by atoms with Gasteiger partial charge in [-0.2, -0.15) is 0 Å². The van der Waals surface area contributed by atoms with E-state index in [1.54, 1.807) is 23.6 Å². The van der Waals surface area contributed by atoms with E-state index < -0.39 is 0 Å². The molecule has 0 bridgehead atoms. The number of nitrogens with two attached hydrogens (primary N) is 1. The quantitative estimate of drug-likeness (QED) is 0.884. The van der Waals surface area contributed by atoms with E-state index in [2.05, 4.69) is 10.3 Å². The summed E-state index contributed by atoms with van der Waals surface area (Å²) in [6, 6.07) is 3.81. The summed E-state index contributed by atoms with van der Waals surface area (Å²) in [4.78, 5) is 18.5. The van der Waals surface area contributed by atoms with Gasteiger partial charge in [-0.1, -0.05) is 0 Å². The Morgan fingerprint density at radius 2 is 2.26 bits per heavy atom. The lowest BCUT2D eigenvalue weighted by atomic mass is 10.2. The third-order valence-corrected chi connectivity index (χ3v) is 4.54. The number of pyridine rings is 1. The second kappa shape index (κ2) is 4.66. The summed E-state index contributed by atoms with van der Waals surface area (Å²) in [5.74, 6) is 0.493. The Morgan fingerprint density at radius 1 is 1.42 bits per heavy atom. The highest BCUT2D eigenvalue weighted by molar-refractivity contribution is 7.14. The number of amides is 1. The van der Waals surface area contributed by atoms with Gasteiger partial charge in [0.25, 0.3) is 5.91 Å². The second-order valence-corrected chi connectivity index (χ2v) is 5.94. The number of hydrogen-bond acceptors (Lipinski definition) is 4. The summed E-state index contributed by atoms with van der Waals surface area (Å²) >= 11 is 1.59. The zero-order valence-electron chi connectivity index (χ0n) is 10.7. The van der Waals surface area contributed by atoms with Crippen LogP contribution in [0.3, 0.4) is 0 Å². The number of nitrogens with zero attached hydrogens (tertiary/aromatic N) is 1. The molecule has 0 fully saturated rings. The van der Waals surface area contributed by atoms with Crippen molar-refractivity contribution in [3.05, 3.63) is 39.2 Å². The summed E-state index contributed by atoms with van der Waals surface area (Å²) in [6.45, 7) is 1.88. The SMILES string of the molecule is Cc1cc(N)cnc1NC(=O)c1cc2c(s1)CCC2. The maximum Gasteiger partial charge on any atom is 0.266 e. The topological polar surface area (TPSA) is 68.0 Å². The maximum atomic E-state index is 12.2. The number of aryl methyl sites for hydroxylation is 3. The van der Waals surface area contributed by atoms with Crippen molar-refractivity contribution in [2.24, 2.45) is 0 Å². The average Bonchev–Trinajstić information content (AvgIpc) is 2.93. The van der Waals surface area contributed by atoms with Crippen LogP contribution < -0.4 is 11.1 Å². The number of hydrogen-bond donors (Lipinski definition) is 2. The zero-order valence-corrected chi connectivity index (χ0v) is 11.5. The highest BCUT2D eigenvalue weighted by Gasteiger charge is 2.19. The third-order valence-electron chi connectivity index (χ3n) is 3.30. The molecule has 0 aromatic carbocycles. The molecule has 3 N–H and O–H groups in total. The number of thiophene rings is 1. The molecule has 1 amide bonds. The van der Waals surface area contributed by atoms with Gasteiger partial charge in [0, 0.05) is 4.88 Å². The first-order valence-electron chi connectivity index (χ1n) is 6.28. The van der Waals surface area contributed by atoms with Crippen LogP contribution in [0.15, 0.2) is 18.3 Å². The van der Waals surface area contributed by atoms with E-state index in [-0.39, 0.29) is 5.91 Å². The first-order valence-corrected chi connectivity index (χ1v) is 7.10. The number of nitrogen functional groups attached to an aromatic ring is 1. The predicted octanol–water partition coefficient (Wildman–Crippen LogP) is 2.77. The summed E-state index contributed by atoms with van der Waals surface area (Å²) in [7, 11) is 0. The molecule has 19 heavy (non-hydrogen) atoms. The number of carbonyl (C=O) groups excluding carboxylic acids is 1. The van der Waals surface area contributed by atoms with Gasteiger partial charge in [0.15, 0.2) is 0 Å². The normalized spacial score (nSPS) is 13.3. The average molecular weight is 273 g/mol. The Bertz CT molecular complexity index is 627. The van der Waals surface area contributed by atoms with E-state index in [9.17, 15) is 4.79 Å². The van der Waals surface area contributed by atoms with Gasteiger partial charge in [-0.3, -0.25) is 4.79 Å². The largest absolute Gasteiger partial charge is 0.397 e. The van der Waals surface area contributed by atoms with Crippen LogP contribution in [0.2, 0.25) is 0 Å². The molecule has 3 rings (SSSR count). The minimum atomic E-state index is -0.0835. The summed E-state index contributed by atoms with van der Waals surface area (Å²) in [6.07, 6.45) is 4.96. The standard InChI is InChI=1S/C14H15N3OS/c1-8-5-10(15)7-16-13(8)17-14(18)12-6-9-3-2-4-11(9)19-12/h5-7H,2-4,15H2,1H3,(H,16,17,18). The van der Waals surface area contributed by atoms with Crippen LogP contribution in [0.4, 0.5) is 11.5 Å². The third kappa shape index (κ3) is 2.33. The lowest BCUT2D eigenvalue weighted by Gasteiger charge is -2.06. The van der Waals surface area contributed by atoms with Crippen molar-refractivity contribution in [1.82, 2.24) is 4.98 Å². The van der Waals surface area contributed by atoms with Crippen LogP contribution in [0.25, 0.3) is 0 Å². The fraction of sp³-hybridized carbons (Fsp3) is 0.286. The maximum absolute atomic E-state index is 12.2.